The van der Waals surface area contributed by atoms with Gasteiger partial charge in [-0.05, 0) is 55.6 Å². The summed E-state index contributed by atoms with van der Waals surface area (Å²) in [4.78, 5) is 19.1. The molecule has 1 saturated heterocycles. The van der Waals surface area contributed by atoms with Crippen molar-refractivity contribution in [3.05, 3.63) is 58.5 Å². The van der Waals surface area contributed by atoms with E-state index in [1.54, 1.807) is 24.7 Å². The molecule has 1 aliphatic heterocycles. The summed E-state index contributed by atoms with van der Waals surface area (Å²) in [5.74, 6) is 0.707. The molecular formula is C16H19N5O2. The smallest absolute Gasteiger partial charge is 0.311 e. The number of nitrogens with one attached hydrogen (secondary N) is 2. The predicted molar refractivity (Wildman–Crippen MR) is 87.1 cm³/mol. The van der Waals surface area contributed by atoms with Gasteiger partial charge < -0.3 is 10.6 Å². The summed E-state index contributed by atoms with van der Waals surface area (Å²) in [5, 5.41) is 17.9. The quantitative estimate of drug-likeness (QED) is 0.651. The molecule has 120 valence electrons. The van der Waals surface area contributed by atoms with Crippen LogP contribution in [0.4, 0.5) is 11.5 Å². The van der Waals surface area contributed by atoms with E-state index >= 15 is 0 Å². The molecule has 1 unspecified atom stereocenters. The molecule has 0 bridgehead atoms. The highest BCUT2D eigenvalue weighted by molar-refractivity contribution is 5.56. The van der Waals surface area contributed by atoms with E-state index in [1.807, 2.05) is 12.1 Å². The molecule has 0 aliphatic carbocycles. The van der Waals surface area contributed by atoms with Gasteiger partial charge in [0, 0.05) is 24.7 Å². The Morgan fingerprint density at radius 1 is 1.22 bits per heavy atom. The van der Waals surface area contributed by atoms with E-state index in [2.05, 4.69) is 20.6 Å². The van der Waals surface area contributed by atoms with Crippen molar-refractivity contribution >= 4 is 11.5 Å². The number of piperidine rings is 1. The second-order valence-corrected chi connectivity index (χ2v) is 5.62. The molecule has 1 aliphatic rings. The van der Waals surface area contributed by atoms with Gasteiger partial charge >= 0.3 is 5.69 Å². The van der Waals surface area contributed by atoms with E-state index in [4.69, 9.17) is 0 Å². The van der Waals surface area contributed by atoms with Crippen molar-refractivity contribution in [3.8, 4) is 0 Å². The van der Waals surface area contributed by atoms with Crippen LogP contribution in [0, 0.1) is 16.0 Å². The summed E-state index contributed by atoms with van der Waals surface area (Å²) >= 11 is 0. The number of rotatable bonds is 5. The Morgan fingerprint density at radius 2 is 1.96 bits per heavy atom. The van der Waals surface area contributed by atoms with E-state index in [-0.39, 0.29) is 11.7 Å². The number of hydrogen-bond donors (Lipinski definition) is 2. The molecule has 23 heavy (non-hydrogen) atoms. The number of anilines is 1. The maximum Gasteiger partial charge on any atom is 0.311 e. The molecule has 1 atom stereocenters. The molecule has 1 fully saturated rings. The zero-order valence-corrected chi connectivity index (χ0v) is 12.7. The van der Waals surface area contributed by atoms with Crippen molar-refractivity contribution in [2.75, 3.05) is 18.4 Å². The van der Waals surface area contributed by atoms with Gasteiger partial charge in [0.15, 0.2) is 0 Å². The highest BCUT2D eigenvalue weighted by Gasteiger charge is 2.27. The van der Waals surface area contributed by atoms with Gasteiger partial charge in [0.25, 0.3) is 0 Å². The molecule has 7 nitrogen and oxygen atoms in total. The first-order valence-electron chi connectivity index (χ1n) is 7.72. The molecule has 2 aromatic rings. The number of nitrogens with zero attached hydrogens (tertiary/aromatic N) is 3. The van der Waals surface area contributed by atoms with Gasteiger partial charge in [-0.2, -0.15) is 0 Å². The zero-order chi connectivity index (χ0) is 16.1. The fourth-order valence-corrected chi connectivity index (χ4v) is 3.02. The van der Waals surface area contributed by atoms with Crippen LogP contribution in [0.2, 0.25) is 0 Å². The first kappa shape index (κ1) is 15.4. The van der Waals surface area contributed by atoms with E-state index in [0.717, 1.165) is 31.5 Å². The Labute approximate surface area is 134 Å². The molecular weight excluding hydrogens is 294 g/mol. The lowest BCUT2D eigenvalue weighted by atomic mass is 9.86. The van der Waals surface area contributed by atoms with Crippen molar-refractivity contribution < 1.29 is 4.92 Å². The highest BCUT2D eigenvalue weighted by Crippen LogP contribution is 2.33. The van der Waals surface area contributed by atoms with Crippen LogP contribution in [0.5, 0.6) is 0 Å². The topological polar surface area (TPSA) is 93.0 Å². The summed E-state index contributed by atoms with van der Waals surface area (Å²) in [5.41, 5.74) is 1.08. The van der Waals surface area contributed by atoms with Gasteiger partial charge in [0.05, 0.1) is 11.0 Å². The van der Waals surface area contributed by atoms with Crippen molar-refractivity contribution in [2.24, 2.45) is 5.92 Å². The molecule has 3 rings (SSSR count). The summed E-state index contributed by atoms with van der Waals surface area (Å²) in [7, 11) is 0. The minimum absolute atomic E-state index is 0.000454. The van der Waals surface area contributed by atoms with Crippen LogP contribution in [0.15, 0.2) is 42.9 Å². The third-order valence-corrected chi connectivity index (χ3v) is 4.20. The van der Waals surface area contributed by atoms with Crippen LogP contribution in [-0.4, -0.2) is 28.0 Å². The van der Waals surface area contributed by atoms with Crippen LogP contribution in [0.1, 0.15) is 24.4 Å². The molecule has 3 heterocycles. The SMILES string of the molecule is O=[N+]([O-])c1cccnc1NC(c1ccncc1)C1CCNCC1. The van der Waals surface area contributed by atoms with Gasteiger partial charge in [0.1, 0.15) is 0 Å². The fourth-order valence-electron chi connectivity index (χ4n) is 3.02. The van der Waals surface area contributed by atoms with Crippen molar-refractivity contribution in [3.63, 3.8) is 0 Å². The lowest BCUT2D eigenvalue weighted by Crippen LogP contribution is -2.33. The Balaban J connectivity index is 1.91. The average Bonchev–Trinajstić information content (AvgIpc) is 2.61. The molecule has 2 aromatic heterocycles. The third-order valence-electron chi connectivity index (χ3n) is 4.20. The van der Waals surface area contributed by atoms with E-state index in [0.29, 0.717) is 11.7 Å². The fraction of sp³-hybridized carbons (Fsp3) is 0.375. The second-order valence-electron chi connectivity index (χ2n) is 5.62. The van der Waals surface area contributed by atoms with Crippen molar-refractivity contribution in [1.82, 2.24) is 15.3 Å². The predicted octanol–water partition coefficient (Wildman–Crippen LogP) is 2.54. The maximum absolute atomic E-state index is 11.2. The first-order chi connectivity index (χ1) is 11.3. The normalized spacial score (nSPS) is 16.7. The van der Waals surface area contributed by atoms with Crippen LogP contribution in [-0.2, 0) is 0 Å². The lowest BCUT2D eigenvalue weighted by Gasteiger charge is -2.31. The van der Waals surface area contributed by atoms with Crippen LogP contribution in [0.25, 0.3) is 0 Å². The highest BCUT2D eigenvalue weighted by atomic mass is 16.6. The third kappa shape index (κ3) is 3.62. The average molecular weight is 313 g/mol. The number of aromatic nitrogens is 2. The molecule has 0 saturated carbocycles. The Morgan fingerprint density at radius 3 is 2.65 bits per heavy atom. The Hall–Kier alpha value is -2.54. The summed E-state index contributed by atoms with van der Waals surface area (Å²) in [6, 6.07) is 6.94. The molecule has 0 radical (unpaired) electrons. The minimum atomic E-state index is -0.401. The van der Waals surface area contributed by atoms with Gasteiger partial charge in [-0.25, -0.2) is 4.98 Å². The van der Waals surface area contributed by atoms with E-state index in [9.17, 15) is 10.1 Å². The van der Waals surface area contributed by atoms with Gasteiger partial charge in [-0.15, -0.1) is 0 Å². The number of pyridine rings is 2. The van der Waals surface area contributed by atoms with Crippen LogP contribution < -0.4 is 10.6 Å². The summed E-state index contributed by atoms with van der Waals surface area (Å²) < 4.78 is 0. The molecule has 0 amide bonds. The summed E-state index contributed by atoms with van der Waals surface area (Å²) in [6.45, 7) is 1.91. The largest absolute Gasteiger partial charge is 0.357 e. The van der Waals surface area contributed by atoms with Crippen LogP contribution in [0.3, 0.4) is 0 Å². The minimum Gasteiger partial charge on any atom is -0.357 e. The number of nitro groups is 1. The summed E-state index contributed by atoms with van der Waals surface area (Å²) in [6.07, 6.45) is 7.10. The Kier molecular flexibility index (Phi) is 4.77. The first-order valence-corrected chi connectivity index (χ1v) is 7.72. The molecule has 2 N–H and O–H groups in total. The standard InChI is InChI=1S/C16H19N5O2/c22-21(23)14-2-1-7-19-16(14)20-15(12-3-8-17-9-4-12)13-5-10-18-11-6-13/h1-4,7-9,13,15,18H,5-6,10-11H2,(H,19,20). The van der Waals surface area contributed by atoms with Gasteiger partial charge in [-0.3, -0.25) is 15.1 Å². The van der Waals surface area contributed by atoms with Crippen molar-refractivity contribution in [1.29, 1.82) is 0 Å². The van der Waals surface area contributed by atoms with Crippen molar-refractivity contribution in [2.45, 2.75) is 18.9 Å². The maximum atomic E-state index is 11.2. The van der Waals surface area contributed by atoms with E-state index in [1.165, 1.54) is 6.07 Å². The molecule has 0 spiro atoms. The van der Waals surface area contributed by atoms with Crippen LogP contribution >= 0.6 is 0 Å². The molecule has 0 aromatic carbocycles. The van der Waals surface area contributed by atoms with Gasteiger partial charge in [0.2, 0.25) is 5.82 Å². The second kappa shape index (κ2) is 7.15. The Bertz CT molecular complexity index is 659. The number of hydrogen-bond acceptors (Lipinski definition) is 6. The lowest BCUT2D eigenvalue weighted by molar-refractivity contribution is -0.384. The molecule has 7 heteroatoms. The zero-order valence-electron chi connectivity index (χ0n) is 12.7. The van der Waals surface area contributed by atoms with E-state index < -0.39 is 4.92 Å². The van der Waals surface area contributed by atoms with Gasteiger partial charge in [-0.1, -0.05) is 0 Å². The monoisotopic (exact) mass is 313 g/mol.